The van der Waals surface area contributed by atoms with Crippen LogP contribution in [0.25, 0.3) is 0 Å². The lowest BCUT2D eigenvalue weighted by molar-refractivity contribution is -0.0191. The van der Waals surface area contributed by atoms with Crippen molar-refractivity contribution in [2.24, 2.45) is 0 Å². The lowest BCUT2D eigenvalue weighted by atomic mass is 10.1. The molecule has 8 heavy (non-hydrogen) atoms. The van der Waals surface area contributed by atoms with Crippen molar-refractivity contribution >= 4 is 0 Å². The van der Waals surface area contributed by atoms with Gasteiger partial charge in [-0.25, -0.2) is 0 Å². The van der Waals surface area contributed by atoms with Gasteiger partial charge in [-0.3, -0.25) is 0 Å². The van der Waals surface area contributed by atoms with Gasteiger partial charge in [0.15, 0.2) is 0 Å². The molecule has 0 saturated carbocycles. The molecule has 0 aromatic heterocycles. The SMILES string of the molecule is [CH2]C1(C)CNCCO1. The van der Waals surface area contributed by atoms with Crippen LogP contribution in [0.1, 0.15) is 6.92 Å². The van der Waals surface area contributed by atoms with E-state index in [1.807, 2.05) is 6.92 Å². The Morgan fingerprint density at radius 1 is 1.75 bits per heavy atom. The summed E-state index contributed by atoms with van der Waals surface area (Å²) < 4.78 is 5.29. The van der Waals surface area contributed by atoms with Crippen LogP contribution in [0.2, 0.25) is 0 Å². The Bertz CT molecular complexity index is 72.6. The van der Waals surface area contributed by atoms with Crippen molar-refractivity contribution in [1.82, 2.24) is 5.32 Å². The second kappa shape index (κ2) is 2.03. The van der Waals surface area contributed by atoms with Crippen molar-refractivity contribution in [2.45, 2.75) is 12.5 Å². The molecule has 0 bridgehead atoms. The van der Waals surface area contributed by atoms with Crippen molar-refractivity contribution in [1.29, 1.82) is 0 Å². The maximum absolute atomic E-state index is 5.29. The summed E-state index contributed by atoms with van der Waals surface area (Å²) in [6.07, 6.45) is 0. The highest BCUT2D eigenvalue weighted by molar-refractivity contribution is 4.83. The molecule has 1 aliphatic rings. The first-order valence-electron chi connectivity index (χ1n) is 2.91. The second-order valence-corrected chi connectivity index (χ2v) is 2.48. The molecule has 1 aliphatic heterocycles. The average Bonchev–Trinajstić information content (AvgIpc) is 1.65. The number of rotatable bonds is 0. The fraction of sp³-hybridized carbons (Fsp3) is 0.833. The Hall–Kier alpha value is -0.0800. The van der Waals surface area contributed by atoms with E-state index in [4.69, 9.17) is 4.74 Å². The molecule has 0 aliphatic carbocycles. The zero-order valence-corrected chi connectivity index (χ0v) is 5.24. The van der Waals surface area contributed by atoms with Crippen LogP contribution in [0, 0.1) is 6.92 Å². The first-order chi connectivity index (χ1) is 3.71. The summed E-state index contributed by atoms with van der Waals surface area (Å²) in [5.41, 5.74) is -0.182. The van der Waals surface area contributed by atoms with E-state index in [2.05, 4.69) is 12.2 Å². The maximum atomic E-state index is 5.29. The van der Waals surface area contributed by atoms with Crippen molar-refractivity contribution < 1.29 is 4.74 Å². The second-order valence-electron chi connectivity index (χ2n) is 2.48. The van der Waals surface area contributed by atoms with E-state index in [-0.39, 0.29) is 5.60 Å². The first kappa shape index (κ1) is 6.05. The summed E-state index contributed by atoms with van der Waals surface area (Å²) in [5.74, 6) is 0. The van der Waals surface area contributed by atoms with E-state index >= 15 is 0 Å². The van der Waals surface area contributed by atoms with Crippen LogP contribution in [0.15, 0.2) is 0 Å². The maximum Gasteiger partial charge on any atom is 0.0780 e. The summed E-state index contributed by atoms with van der Waals surface area (Å²) in [7, 11) is 0. The minimum Gasteiger partial charge on any atom is -0.373 e. The minimum absolute atomic E-state index is 0.182. The van der Waals surface area contributed by atoms with Crippen LogP contribution in [0.3, 0.4) is 0 Å². The van der Waals surface area contributed by atoms with Crippen molar-refractivity contribution in [3.05, 3.63) is 6.92 Å². The van der Waals surface area contributed by atoms with Crippen LogP contribution >= 0.6 is 0 Å². The third kappa shape index (κ3) is 1.46. The summed E-state index contributed by atoms with van der Waals surface area (Å²) >= 11 is 0. The summed E-state index contributed by atoms with van der Waals surface area (Å²) in [6.45, 7) is 8.45. The van der Waals surface area contributed by atoms with Gasteiger partial charge in [0.2, 0.25) is 0 Å². The van der Waals surface area contributed by atoms with Gasteiger partial charge in [-0.1, -0.05) is 0 Å². The zero-order valence-electron chi connectivity index (χ0n) is 5.24. The monoisotopic (exact) mass is 114 g/mol. The Morgan fingerprint density at radius 2 is 2.50 bits per heavy atom. The van der Waals surface area contributed by atoms with Gasteiger partial charge in [-0.05, 0) is 13.8 Å². The van der Waals surface area contributed by atoms with E-state index in [0.29, 0.717) is 0 Å². The Labute approximate surface area is 50.2 Å². The van der Waals surface area contributed by atoms with E-state index < -0.39 is 0 Å². The molecule has 1 fully saturated rings. The van der Waals surface area contributed by atoms with Gasteiger partial charge in [-0.2, -0.15) is 0 Å². The van der Waals surface area contributed by atoms with E-state index in [0.717, 1.165) is 19.7 Å². The van der Waals surface area contributed by atoms with Crippen molar-refractivity contribution in [3.63, 3.8) is 0 Å². The molecule has 1 atom stereocenters. The van der Waals surface area contributed by atoms with Gasteiger partial charge >= 0.3 is 0 Å². The normalized spacial score (nSPS) is 27.8. The Balaban J connectivity index is 2.33. The van der Waals surface area contributed by atoms with Gasteiger partial charge in [0.25, 0.3) is 0 Å². The molecule has 1 heterocycles. The topological polar surface area (TPSA) is 21.3 Å². The predicted octanol–water partition coefficient (Wildman–Crippen LogP) is 0.199. The van der Waals surface area contributed by atoms with Gasteiger partial charge in [-0.15, -0.1) is 0 Å². The van der Waals surface area contributed by atoms with Gasteiger partial charge in [0, 0.05) is 13.1 Å². The molecule has 0 amide bonds. The van der Waals surface area contributed by atoms with E-state index in [1.165, 1.54) is 0 Å². The third-order valence-electron chi connectivity index (χ3n) is 1.23. The average molecular weight is 114 g/mol. The quantitative estimate of drug-likeness (QED) is 0.485. The molecule has 1 saturated heterocycles. The lowest BCUT2D eigenvalue weighted by Crippen LogP contribution is -2.45. The fourth-order valence-corrected chi connectivity index (χ4v) is 0.773. The lowest BCUT2D eigenvalue weighted by Gasteiger charge is -2.30. The molecule has 2 heteroatoms. The number of nitrogens with one attached hydrogen (secondary N) is 1. The van der Waals surface area contributed by atoms with Crippen LogP contribution in [-0.4, -0.2) is 25.3 Å². The predicted molar refractivity (Wildman–Crippen MR) is 32.6 cm³/mol. The molecule has 47 valence electrons. The van der Waals surface area contributed by atoms with Crippen LogP contribution < -0.4 is 5.32 Å². The van der Waals surface area contributed by atoms with Crippen LogP contribution in [0.5, 0.6) is 0 Å². The largest absolute Gasteiger partial charge is 0.373 e. The van der Waals surface area contributed by atoms with Gasteiger partial charge in [0.1, 0.15) is 0 Å². The van der Waals surface area contributed by atoms with Gasteiger partial charge < -0.3 is 10.1 Å². The summed E-state index contributed by atoms with van der Waals surface area (Å²) in [5, 5.41) is 3.19. The van der Waals surface area contributed by atoms with E-state index in [1.54, 1.807) is 0 Å². The third-order valence-corrected chi connectivity index (χ3v) is 1.23. The smallest absolute Gasteiger partial charge is 0.0780 e. The number of morpholine rings is 1. The summed E-state index contributed by atoms with van der Waals surface area (Å²) in [4.78, 5) is 0. The standard InChI is InChI=1S/C6H12NO/c1-6(2)5-7-3-4-8-6/h7H,1,3-5H2,2H3. The van der Waals surface area contributed by atoms with Crippen molar-refractivity contribution in [3.8, 4) is 0 Å². The fourth-order valence-electron chi connectivity index (χ4n) is 0.773. The molecular weight excluding hydrogens is 102 g/mol. The highest BCUT2D eigenvalue weighted by Crippen LogP contribution is 2.08. The van der Waals surface area contributed by atoms with E-state index in [9.17, 15) is 0 Å². The highest BCUT2D eigenvalue weighted by atomic mass is 16.5. The molecule has 0 spiro atoms. The zero-order chi connectivity index (χ0) is 6.04. The molecule has 0 aromatic carbocycles. The van der Waals surface area contributed by atoms with Crippen molar-refractivity contribution in [2.75, 3.05) is 19.7 Å². The van der Waals surface area contributed by atoms with Crippen LogP contribution in [0.4, 0.5) is 0 Å². The molecule has 1 radical (unpaired) electrons. The van der Waals surface area contributed by atoms with Crippen LogP contribution in [-0.2, 0) is 4.74 Å². The number of hydrogen-bond donors (Lipinski definition) is 1. The first-order valence-corrected chi connectivity index (χ1v) is 2.91. The number of hydrogen-bond acceptors (Lipinski definition) is 2. The summed E-state index contributed by atoms with van der Waals surface area (Å²) in [6, 6.07) is 0. The molecule has 1 unspecified atom stereocenters. The van der Waals surface area contributed by atoms with Gasteiger partial charge in [0.05, 0.1) is 12.2 Å². The molecule has 2 nitrogen and oxygen atoms in total. The highest BCUT2D eigenvalue weighted by Gasteiger charge is 2.20. The molecule has 0 aromatic rings. The Kier molecular flexibility index (Phi) is 1.54. The number of ether oxygens (including phenoxy) is 1. The minimum atomic E-state index is -0.182. The molecular formula is C6H12NO. The Morgan fingerprint density at radius 3 is 2.75 bits per heavy atom. The molecule has 1 N–H and O–H groups in total. The molecule has 1 rings (SSSR count).